The Hall–Kier alpha value is -12.1. The van der Waals surface area contributed by atoms with Gasteiger partial charge in [0.05, 0.1) is 35.5 Å². The van der Waals surface area contributed by atoms with Crippen LogP contribution in [0.5, 0.6) is 57.5 Å². The van der Waals surface area contributed by atoms with Gasteiger partial charge in [0, 0.05) is 40.3 Å². The van der Waals surface area contributed by atoms with Gasteiger partial charge < -0.3 is 53.7 Å². The molecule has 0 saturated carbocycles. The van der Waals surface area contributed by atoms with Gasteiger partial charge in [0.25, 0.3) is 5.91 Å². The molecular weight excluding hydrogens is 1330 g/mol. The third-order valence-corrected chi connectivity index (χ3v) is 19.4. The molecule has 11 aromatic rings. The third-order valence-electron chi connectivity index (χ3n) is 19.1. The molecule has 0 radical (unpaired) electrons. The van der Waals surface area contributed by atoms with E-state index < -0.39 is 40.1 Å². The Kier molecular flexibility index (Phi) is 23.3. The van der Waals surface area contributed by atoms with Crippen LogP contribution in [0, 0.1) is 0 Å². The molecule has 17 heteroatoms. The van der Waals surface area contributed by atoms with Crippen LogP contribution in [0.15, 0.2) is 272 Å². The summed E-state index contributed by atoms with van der Waals surface area (Å²) in [5.41, 5.74) is 5.98. The van der Waals surface area contributed by atoms with Crippen molar-refractivity contribution in [2.24, 2.45) is 0 Å². The van der Waals surface area contributed by atoms with E-state index >= 15 is 0 Å². The van der Waals surface area contributed by atoms with Gasteiger partial charge in [0.2, 0.25) is 0 Å². The second-order valence-electron chi connectivity index (χ2n) is 26.2. The molecule has 0 heterocycles. The highest BCUT2D eigenvalue weighted by Crippen LogP contribution is 2.43. The summed E-state index contributed by atoms with van der Waals surface area (Å²) in [4.78, 5) is 62.0. The fourth-order valence-electron chi connectivity index (χ4n) is 12.8. The van der Waals surface area contributed by atoms with Gasteiger partial charge in [-0.25, -0.2) is 19.2 Å². The van der Waals surface area contributed by atoms with E-state index in [1.807, 2.05) is 141 Å². The molecule has 0 fully saturated rings. The number of aromatic carboxylic acids is 4. The molecule has 0 bridgehead atoms. The van der Waals surface area contributed by atoms with Crippen molar-refractivity contribution >= 4 is 42.4 Å². The van der Waals surface area contributed by atoms with Crippen LogP contribution in [0.2, 0.25) is 0 Å². The van der Waals surface area contributed by atoms with E-state index in [4.69, 9.17) is 28.4 Å². The Labute approximate surface area is 609 Å². The van der Waals surface area contributed by atoms with Gasteiger partial charge in [-0.3, -0.25) is 4.79 Å². The zero-order chi connectivity index (χ0) is 73.4. The van der Waals surface area contributed by atoms with Crippen molar-refractivity contribution in [3.63, 3.8) is 0 Å². The molecule has 11 rings (SSSR count). The molecule has 4 N–H and O–H groups in total. The zero-order valence-corrected chi connectivity index (χ0v) is 58.8. The van der Waals surface area contributed by atoms with E-state index in [0.717, 1.165) is 38.3 Å². The predicted octanol–water partition coefficient (Wildman–Crippen LogP) is 20.1. The lowest BCUT2D eigenvalue weighted by Crippen LogP contribution is -2.30. The number of carboxylic acid groups (broad SMARTS) is 4. The molecule has 0 atom stereocenters. The second-order valence-corrected chi connectivity index (χ2v) is 26.7. The molecule has 1 amide bonds. The Morgan fingerprint density at radius 2 is 0.500 bits per heavy atom. The fraction of sp³-hybridized carbons (Fsp3) is 0.184. The second kappa shape index (κ2) is 33.1. The van der Waals surface area contributed by atoms with Crippen molar-refractivity contribution in [2.75, 3.05) is 26.8 Å². The monoisotopic (exact) mass is 1410 g/mol. The predicted molar refractivity (Wildman–Crippen MR) is 401 cm³/mol. The van der Waals surface area contributed by atoms with E-state index in [1.165, 1.54) is 48.5 Å². The van der Waals surface area contributed by atoms with Crippen LogP contribution in [-0.2, 0) is 16.2 Å². The molecule has 528 valence electrons. The topological polar surface area (TPSA) is 225 Å². The number of benzene rings is 11. The van der Waals surface area contributed by atoms with Crippen molar-refractivity contribution in [3.05, 3.63) is 328 Å². The smallest absolute Gasteiger partial charge is 0.335 e. The van der Waals surface area contributed by atoms with Crippen LogP contribution in [0.25, 0.3) is 0 Å². The largest absolute Gasteiger partial charge is 0.494 e. The molecule has 0 spiro atoms. The van der Waals surface area contributed by atoms with E-state index in [1.54, 1.807) is 65.6 Å². The first-order valence-electron chi connectivity index (χ1n) is 34.1. The molecule has 0 aliphatic heterocycles. The number of carbonyl (C=O) groups is 5. The van der Waals surface area contributed by atoms with Crippen LogP contribution in [0.3, 0.4) is 0 Å². The summed E-state index contributed by atoms with van der Waals surface area (Å²) < 4.78 is 37.5. The maximum Gasteiger partial charge on any atom is 0.335 e. The van der Waals surface area contributed by atoms with Crippen molar-refractivity contribution in [1.82, 2.24) is 4.90 Å². The number of ether oxygens (including phenoxy) is 6. The van der Waals surface area contributed by atoms with Crippen molar-refractivity contribution < 1.29 is 72.8 Å². The maximum atomic E-state index is 13.6. The van der Waals surface area contributed by atoms with E-state index in [2.05, 4.69) is 57.7 Å². The normalized spacial score (nSPS) is 11.4. The number of amides is 1. The summed E-state index contributed by atoms with van der Waals surface area (Å²) in [5.74, 6) is 1.67. The molecule has 104 heavy (non-hydrogen) atoms. The Morgan fingerprint density at radius 3 is 0.731 bits per heavy atom. The lowest BCUT2D eigenvalue weighted by molar-refractivity contribution is 0.0686. The summed E-state index contributed by atoms with van der Waals surface area (Å²) in [6.07, 6.45) is 4.15. The van der Waals surface area contributed by atoms with Crippen molar-refractivity contribution in [2.45, 2.75) is 80.4 Å². The van der Waals surface area contributed by atoms with Crippen LogP contribution in [-0.4, -0.2) is 81.9 Å². The standard InChI is InChI=1S/C87H79NO15S/c1-85(52-5-55-88(4)80(89)58-16-50-79(104)51-17-58,63-18-38-69(39-19-63)98-56-6-53-86(2,65-22-42-75(43-23-65)100-71-30-8-59(9-31-71)81(90)91)66-24-44-76(45-25-66)101-72-32-10-60(11-33-72)82(92)93)64-20-40-70(41-21-64)99-57-7-54-87(3,67-26-46-77(47-27-67)102-73-34-12-61(13-35-73)83(94)95)68-28-48-78(49-29-68)103-74-36-14-62(15-37-74)84(96)97/h8-51,104H,5-7,52-57H2,1-4H3,(H,90,91)(H,92,93)(H,94,95)(H,96,97). The number of hydrogen-bond donors (Lipinski definition) is 5. The molecule has 0 aliphatic carbocycles. The van der Waals surface area contributed by atoms with Gasteiger partial charge in [0.15, 0.2) is 0 Å². The quantitative estimate of drug-likeness (QED) is 0.0190. The molecular formula is C87H79NO15S. The van der Waals surface area contributed by atoms with Gasteiger partial charge in [-0.15, -0.1) is 12.6 Å². The number of nitrogens with zero attached hydrogens (tertiary/aromatic N) is 1. The van der Waals surface area contributed by atoms with Crippen LogP contribution in [0.1, 0.15) is 144 Å². The average molecular weight is 1410 g/mol. The van der Waals surface area contributed by atoms with Gasteiger partial charge in [-0.2, -0.15) is 0 Å². The van der Waals surface area contributed by atoms with E-state index in [-0.39, 0.29) is 28.2 Å². The SMILES string of the molecule is CN(CCCC(C)(c1ccc(OCCCC(C)(c2ccc(Oc3ccc(C(=O)O)cc3)cc2)c2ccc(Oc3ccc(C(=O)O)cc3)cc2)cc1)c1ccc(OCCCC(C)(c2ccc(Oc3ccc(C(=O)O)cc3)cc2)c2ccc(Oc3ccc(C(=O)O)cc3)cc2)cc1)C(=O)c1ccc(S)cc1. The first-order valence-corrected chi connectivity index (χ1v) is 34.5. The van der Waals surface area contributed by atoms with Gasteiger partial charge in [0.1, 0.15) is 57.5 Å². The number of hydrogen-bond acceptors (Lipinski definition) is 12. The number of thiol groups is 1. The first kappa shape index (κ1) is 73.1. The molecule has 0 aliphatic rings. The number of carbonyl (C=O) groups excluding carboxylic acids is 1. The third kappa shape index (κ3) is 18.3. The van der Waals surface area contributed by atoms with Gasteiger partial charge in [-0.05, 0) is 266 Å². The number of carboxylic acids is 4. The van der Waals surface area contributed by atoms with Gasteiger partial charge in [-0.1, -0.05) is 93.6 Å². The minimum atomic E-state index is -1.02. The van der Waals surface area contributed by atoms with Crippen LogP contribution >= 0.6 is 12.6 Å². The minimum Gasteiger partial charge on any atom is -0.494 e. The van der Waals surface area contributed by atoms with Crippen LogP contribution < -0.4 is 28.4 Å². The lowest BCUT2D eigenvalue weighted by atomic mass is 9.73. The maximum absolute atomic E-state index is 13.6. The molecule has 0 aromatic heterocycles. The highest BCUT2D eigenvalue weighted by Gasteiger charge is 2.33. The van der Waals surface area contributed by atoms with E-state index in [0.29, 0.717) is 121 Å². The first-order chi connectivity index (χ1) is 50.1. The summed E-state index contributed by atoms with van der Waals surface area (Å²) >= 11 is 4.42. The highest BCUT2D eigenvalue weighted by atomic mass is 32.1. The summed E-state index contributed by atoms with van der Waals surface area (Å²) in [7, 11) is 1.83. The summed E-state index contributed by atoms with van der Waals surface area (Å²) in [5, 5.41) is 37.6. The molecule has 0 unspecified atom stereocenters. The van der Waals surface area contributed by atoms with Crippen molar-refractivity contribution in [1.29, 1.82) is 0 Å². The molecule has 16 nitrogen and oxygen atoms in total. The Balaban J connectivity index is 0.777. The number of rotatable bonds is 33. The summed E-state index contributed by atoms with van der Waals surface area (Å²) in [6.45, 7) is 7.98. The lowest BCUT2D eigenvalue weighted by Gasteiger charge is -2.32. The average Bonchev–Trinajstić information content (AvgIpc) is 0.803. The minimum absolute atomic E-state index is 0.0697. The zero-order valence-electron chi connectivity index (χ0n) is 57.9. The van der Waals surface area contributed by atoms with Gasteiger partial charge >= 0.3 is 23.9 Å². The Morgan fingerprint density at radius 1 is 0.298 bits per heavy atom. The summed E-state index contributed by atoms with van der Waals surface area (Å²) in [6, 6.07) is 80.3. The Bertz CT molecular complexity index is 4250. The molecule has 11 aromatic carbocycles. The van der Waals surface area contributed by atoms with E-state index in [9.17, 15) is 44.4 Å². The fourth-order valence-corrected chi connectivity index (χ4v) is 13.0. The highest BCUT2D eigenvalue weighted by molar-refractivity contribution is 7.80. The molecule has 0 saturated heterocycles. The van der Waals surface area contributed by atoms with Crippen LogP contribution in [0.4, 0.5) is 0 Å². The van der Waals surface area contributed by atoms with Crippen molar-refractivity contribution in [3.8, 4) is 57.5 Å².